The number of para-hydroxylation sites is 1. The summed E-state index contributed by atoms with van der Waals surface area (Å²) < 4.78 is 39.0. The molecule has 1 N–H and O–H groups in total. The molecule has 0 saturated carbocycles. The van der Waals surface area contributed by atoms with E-state index in [1.807, 2.05) is 30.3 Å². The molecule has 0 unspecified atom stereocenters. The van der Waals surface area contributed by atoms with E-state index in [0.717, 1.165) is 36.7 Å². The van der Waals surface area contributed by atoms with Gasteiger partial charge in [0, 0.05) is 45.5 Å². The fraction of sp³-hybridized carbons (Fsp3) is 0.474. The van der Waals surface area contributed by atoms with Crippen molar-refractivity contribution in [2.45, 2.75) is 12.8 Å². The number of nitrogens with zero attached hydrogens (tertiary/aromatic N) is 4. The average Bonchev–Trinajstić information content (AvgIpc) is 3.12. The molecule has 0 atom stereocenters. The van der Waals surface area contributed by atoms with E-state index < -0.39 is 6.43 Å². The third-order valence-electron chi connectivity index (χ3n) is 4.57. The van der Waals surface area contributed by atoms with E-state index >= 15 is 0 Å². The maximum Gasteiger partial charge on any atom is 0.289 e. The molecule has 1 fully saturated rings. The van der Waals surface area contributed by atoms with Gasteiger partial charge in [0.05, 0.1) is 6.67 Å². The Labute approximate surface area is 166 Å². The molecule has 0 radical (unpaired) electrons. The lowest BCUT2D eigenvalue weighted by Crippen LogP contribution is -2.49. The molecule has 1 aromatic carbocycles. The first-order valence-corrected chi connectivity index (χ1v) is 10.1. The summed E-state index contributed by atoms with van der Waals surface area (Å²) in [5.41, 5.74) is 1.25. The summed E-state index contributed by atoms with van der Waals surface area (Å²) in [6.07, 6.45) is -2.10. The Morgan fingerprint density at radius 2 is 1.93 bits per heavy atom. The highest BCUT2D eigenvalue weighted by molar-refractivity contribution is 7.16. The first-order chi connectivity index (χ1) is 13.6. The van der Waals surface area contributed by atoms with E-state index in [0.29, 0.717) is 36.0 Å². The van der Waals surface area contributed by atoms with Gasteiger partial charge in [-0.2, -0.15) is 0 Å². The lowest BCUT2D eigenvalue weighted by molar-refractivity contribution is 0.150. The number of aliphatic imine (C=N–C) groups is 1. The number of anilines is 2. The van der Waals surface area contributed by atoms with E-state index in [2.05, 4.69) is 25.1 Å². The maximum absolute atomic E-state index is 13.3. The van der Waals surface area contributed by atoms with E-state index in [4.69, 9.17) is 0 Å². The van der Waals surface area contributed by atoms with E-state index in [-0.39, 0.29) is 11.7 Å². The SMILES string of the molecule is CN=C(c1nc(C(F)F)sc1Nc1ccccc1)N1CCN(CCCF)CC1. The Balaban J connectivity index is 1.80. The van der Waals surface area contributed by atoms with Crippen molar-refractivity contribution in [2.75, 3.05) is 51.8 Å². The molecule has 0 amide bonds. The summed E-state index contributed by atoms with van der Waals surface area (Å²) in [5, 5.41) is 3.53. The summed E-state index contributed by atoms with van der Waals surface area (Å²) in [6.45, 7) is 3.39. The Morgan fingerprint density at radius 3 is 2.54 bits per heavy atom. The molecule has 2 heterocycles. The largest absolute Gasteiger partial charge is 0.352 e. The molecule has 2 aromatic rings. The molecule has 3 rings (SSSR count). The number of hydrogen-bond acceptors (Lipinski definition) is 5. The van der Waals surface area contributed by atoms with Crippen LogP contribution in [0.1, 0.15) is 23.5 Å². The molecular formula is C19H24F3N5S. The molecule has 1 aliphatic heterocycles. The monoisotopic (exact) mass is 411 g/mol. The summed E-state index contributed by atoms with van der Waals surface area (Å²) in [4.78, 5) is 12.8. The van der Waals surface area contributed by atoms with Crippen molar-refractivity contribution < 1.29 is 13.2 Å². The first-order valence-electron chi connectivity index (χ1n) is 9.23. The van der Waals surface area contributed by atoms with E-state index in [9.17, 15) is 13.2 Å². The molecule has 0 bridgehead atoms. The van der Waals surface area contributed by atoms with Crippen LogP contribution in [0.4, 0.5) is 23.9 Å². The number of piperazine rings is 1. The van der Waals surface area contributed by atoms with Crippen molar-refractivity contribution in [1.29, 1.82) is 0 Å². The number of hydrogen-bond donors (Lipinski definition) is 1. The minimum Gasteiger partial charge on any atom is -0.352 e. The number of alkyl halides is 3. The van der Waals surface area contributed by atoms with Crippen LogP contribution < -0.4 is 5.32 Å². The standard InChI is InChI=1S/C19H24F3N5S/c1-23-17(27-12-10-26(11-13-27)9-5-8-20)15-18(28-19(25-15)16(21)22)24-14-6-3-2-4-7-14/h2-4,6-7,16,24H,5,8-13H2,1H3. The second-order valence-electron chi connectivity index (χ2n) is 6.44. The van der Waals surface area contributed by atoms with Crippen molar-refractivity contribution in [3.05, 3.63) is 41.0 Å². The van der Waals surface area contributed by atoms with Gasteiger partial charge >= 0.3 is 0 Å². The van der Waals surface area contributed by atoms with Gasteiger partial charge in [-0.1, -0.05) is 29.5 Å². The van der Waals surface area contributed by atoms with E-state index in [1.165, 1.54) is 0 Å². The maximum atomic E-state index is 13.3. The fourth-order valence-corrected chi connectivity index (χ4v) is 4.02. The van der Waals surface area contributed by atoms with Gasteiger partial charge in [0.25, 0.3) is 6.43 Å². The fourth-order valence-electron chi connectivity index (χ4n) is 3.18. The second-order valence-corrected chi connectivity index (χ2v) is 7.47. The van der Waals surface area contributed by atoms with Gasteiger partial charge in [-0.05, 0) is 18.6 Å². The number of halogens is 3. The molecule has 9 heteroatoms. The van der Waals surface area contributed by atoms with Crippen LogP contribution >= 0.6 is 11.3 Å². The van der Waals surface area contributed by atoms with Gasteiger partial charge in [0.1, 0.15) is 10.7 Å². The molecular weight excluding hydrogens is 387 g/mol. The average molecular weight is 411 g/mol. The summed E-state index contributed by atoms with van der Waals surface area (Å²) >= 11 is 0.950. The Kier molecular flexibility index (Phi) is 7.27. The predicted octanol–water partition coefficient (Wildman–Crippen LogP) is 4.18. The minimum absolute atomic E-state index is 0.226. The van der Waals surface area contributed by atoms with E-state index in [1.54, 1.807) is 7.05 Å². The van der Waals surface area contributed by atoms with Gasteiger partial charge in [-0.15, -0.1) is 0 Å². The lowest BCUT2D eigenvalue weighted by Gasteiger charge is -2.36. The first kappa shape index (κ1) is 20.6. The summed E-state index contributed by atoms with van der Waals surface area (Å²) in [7, 11) is 1.65. The highest BCUT2D eigenvalue weighted by Crippen LogP contribution is 2.34. The van der Waals surface area contributed by atoms with Crippen LogP contribution in [0.15, 0.2) is 35.3 Å². The lowest BCUT2D eigenvalue weighted by atomic mass is 10.2. The minimum atomic E-state index is -2.63. The van der Waals surface area contributed by atoms with Crippen molar-refractivity contribution in [3.8, 4) is 0 Å². The van der Waals surface area contributed by atoms with Gasteiger partial charge in [0.15, 0.2) is 10.8 Å². The molecule has 0 spiro atoms. The zero-order valence-corrected chi connectivity index (χ0v) is 16.6. The Hall–Kier alpha value is -2.13. The van der Waals surface area contributed by atoms with Crippen molar-refractivity contribution in [2.24, 2.45) is 4.99 Å². The number of nitrogens with one attached hydrogen (secondary N) is 1. The smallest absolute Gasteiger partial charge is 0.289 e. The third kappa shape index (κ3) is 5.02. The number of benzene rings is 1. The van der Waals surface area contributed by atoms with Gasteiger partial charge < -0.3 is 10.2 Å². The zero-order valence-electron chi connectivity index (χ0n) is 15.7. The summed E-state index contributed by atoms with van der Waals surface area (Å²) in [6, 6.07) is 9.39. The number of rotatable bonds is 7. The molecule has 1 aromatic heterocycles. The third-order valence-corrected chi connectivity index (χ3v) is 5.54. The van der Waals surface area contributed by atoms with Crippen LogP contribution in [-0.4, -0.2) is 67.1 Å². The number of thiazole rings is 1. The molecule has 28 heavy (non-hydrogen) atoms. The van der Waals surface area contributed by atoms with Crippen molar-refractivity contribution in [1.82, 2.24) is 14.8 Å². The van der Waals surface area contributed by atoms with Crippen LogP contribution in [-0.2, 0) is 0 Å². The van der Waals surface area contributed by atoms with Crippen LogP contribution in [0.5, 0.6) is 0 Å². The van der Waals surface area contributed by atoms with Crippen molar-refractivity contribution in [3.63, 3.8) is 0 Å². The zero-order chi connectivity index (χ0) is 19.9. The summed E-state index contributed by atoms with van der Waals surface area (Å²) in [5.74, 6) is 0.603. The number of amidine groups is 1. The molecule has 0 aliphatic carbocycles. The van der Waals surface area contributed by atoms with Crippen molar-refractivity contribution >= 4 is 27.9 Å². The Bertz CT molecular complexity index is 773. The Morgan fingerprint density at radius 1 is 1.21 bits per heavy atom. The van der Waals surface area contributed by atoms with Gasteiger partial charge in [0.2, 0.25) is 0 Å². The highest BCUT2D eigenvalue weighted by Gasteiger charge is 2.27. The molecule has 1 saturated heterocycles. The van der Waals surface area contributed by atoms with Crippen LogP contribution in [0.3, 0.4) is 0 Å². The van der Waals surface area contributed by atoms with Crippen LogP contribution in [0, 0.1) is 0 Å². The predicted molar refractivity (Wildman–Crippen MR) is 108 cm³/mol. The normalized spacial score (nSPS) is 16.0. The second kappa shape index (κ2) is 9.88. The molecule has 152 valence electrons. The number of aromatic nitrogens is 1. The van der Waals surface area contributed by atoms with Crippen LogP contribution in [0.2, 0.25) is 0 Å². The topological polar surface area (TPSA) is 43.8 Å². The highest BCUT2D eigenvalue weighted by atomic mass is 32.1. The van der Waals surface area contributed by atoms with Gasteiger partial charge in [-0.25, -0.2) is 13.8 Å². The van der Waals surface area contributed by atoms with Gasteiger partial charge in [-0.3, -0.25) is 14.3 Å². The quantitative estimate of drug-likeness (QED) is 0.548. The van der Waals surface area contributed by atoms with Crippen LogP contribution in [0.25, 0.3) is 0 Å². The molecule has 1 aliphatic rings. The molecule has 5 nitrogen and oxygen atoms in total.